The van der Waals surface area contributed by atoms with Crippen molar-refractivity contribution in [3.05, 3.63) is 11.5 Å². The Bertz CT molecular complexity index is 503. The minimum absolute atomic E-state index is 0.0261. The molecule has 0 amide bonds. The first-order chi connectivity index (χ1) is 8.99. The molecule has 0 radical (unpaired) electrons. The second-order valence-electron chi connectivity index (χ2n) is 4.86. The molecule has 108 valence electrons. The molecule has 1 saturated heterocycles. The normalized spacial score (nSPS) is 20.6. The number of aryl methyl sites for hydroxylation is 1. The van der Waals surface area contributed by atoms with Crippen molar-refractivity contribution < 1.29 is 8.42 Å². The predicted octanol–water partition coefficient (Wildman–Crippen LogP) is 0.741. The quantitative estimate of drug-likeness (QED) is 0.841. The highest BCUT2D eigenvalue weighted by Gasteiger charge is 2.19. The number of halogens is 1. The van der Waals surface area contributed by atoms with Crippen molar-refractivity contribution in [3.8, 4) is 0 Å². The van der Waals surface area contributed by atoms with Gasteiger partial charge in [0.25, 0.3) is 10.0 Å². The van der Waals surface area contributed by atoms with Crippen molar-refractivity contribution in [2.45, 2.75) is 24.3 Å². The summed E-state index contributed by atoms with van der Waals surface area (Å²) in [6, 6.07) is 0. The summed E-state index contributed by atoms with van der Waals surface area (Å²) in [7, 11) is -1.89. The van der Waals surface area contributed by atoms with Gasteiger partial charge in [-0.15, -0.1) is 0 Å². The van der Waals surface area contributed by atoms with Crippen LogP contribution in [-0.4, -0.2) is 37.6 Å². The first kappa shape index (κ1) is 14.8. The molecule has 1 fully saturated rings. The van der Waals surface area contributed by atoms with Gasteiger partial charge in [-0.05, 0) is 49.9 Å². The summed E-state index contributed by atoms with van der Waals surface area (Å²) in [4.78, 5) is 3.81. The van der Waals surface area contributed by atoms with Gasteiger partial charge in [0.1, 0.15) is 0 Å². The van der Waals surface area contributed by atoms with Crippen LogP contribution in [0.3, 0.4) is 0 Å². The van der Waals surface area contributed by atoms with Crippen LogP contribution in [0.25, 0.3) is 0 Å². The van der Waals surface area contributed by atoms with E-state index in [1.807, 2.05) is 0 Å². The summed E-state index contributed by atoms with van der Waals surface area (Å²) in [5.41, 5.74) is 0. The summed E-state index contributed by atoms with van der Waals surface area (Å²) < 4.78 is 28.0. The maximum Gasteiger partial charge on any atom is 0.259 e. The summed E-state index contributed by atoms with van der Waals surface area (Å²) in [6.45, 7) is 2.47. The Morgan fingerprint density at radius 3 is 3.00 bits per heavy atom. The molecule has 1 aliphatic rings. The van der Waals surface area contributed by atoms with Gasteiger partial charge in [-0.2, -0.15) is 0 Å². The fourth-order valence-electron chi connectivity index (χ4n) is 2.19. The van der Waals surface area contributed by atoms with E-state index in [0.29, 0.717) is 12.5 Å². The maximum atomic E-state index is 12.0. The number of imidazole rings is 1. The Morgan fingerprint density at radius 1 is 1.63 bits per heavy atom. The van der Waals surface area contributed by atoms with Gasteiger partial charge in [-0.1, -0.05) is 0 Å². The van der Waals surface area contributed by atoms with Crippen LogP contribution in [0.15, 0.2) is 11.2 Å². The molecule has 8 heteroatoms. The zero-order valence-electron chi connectivity index (χ0n) is 10.9. The van der Waals surface area contributed by atoms with Crippen LogP contribution in [-0.2, 0) is 17.1 Å². The number of aromatic nitrogens is 2. The Hall–Kier alpha value is -0.630. The van der Waals surface area contributed by atoms with Gasteiger partial charge in [0, 0.05) is 19.8 Å². The fraction of sp³-hybridized carbons (Fsp3) is 0.727. The topological polar surface area (TPSA) is 76.0 Å². The van der Waals surface area contributed by atoms with E-state index >= 15 is 0 Å². The molecule has 6 nitrogen and oxygen atoms in total. The van der Waals surface area contributed by atoms with E-state index in [0.717, 1.165) is 32.4 Å². The first-order valence-corrected chi connectivity index (χ1v) is 8.24. The zero-order chi connectivity index (χ0) is 13.9. The number of hydrogen-bond acceptors (Lipinski definition) is 4. The predicted molar refractivity (Wildman–Crippen MR) is 73.6 cm³/mol. The van der Waals surface area contributed by atoms with Gasteiger partial charge in [0.2, 0.25) is 5.28 Å². The molecule has 0 bridgehead atoms. The Kier molecular flexibility index (Phi) is 4.83. The smallest absolute Gasteiger partial charge is 0.259 e. The molecule has 0 spiro atoms. The highest BCUT2D eigenvalue weighted by molar-refractivity contribution is 7.89. The number of rotatable bonds is 5. The summed E-state index contributed by atoms with van der Waals surface area (Å²) in [5, 5.41) is 3.45. The molecule has 2 N–H and O–H groups in total. The number of piperidine rings is 1. The highest BCUT2D eigenvalue weighted by Crippen LogP contribution is 2.15. The lowest BCUT2D eigenvalue weighted by Gasteiger charge is -2.22. The summed E-state index contributed by atoms with van der Waals surface area (Å²) >= 11 is 5.74. The number of sulfonamides is 1. The number of nitrogens with zero attached hydrogens (tertiary/aromatic N) is 2. The average Bonchev–Trinajstić information content (AvgIpc) is 2.72. The Labute approximate surface area is 118 Å². The van der Waals surface area contributed by atoms with Gasteiger partial charge in [-0.25, -0.2) is 18.1 Å². The number of nitrogens with one attached hydrogen (secondary N) is 2. The molecule has 2 rings (SSSR count). The van der Waals surface area contributed by atoms with Gasteiger partial charge in [0.15, 0.2) is 5.03 Å². The van der Waals surface area contributed by atoms with E-state index in [4.69, 9.17) is 11.6 Å². The van der Waals surface area contributed by atoms with Crippen molar-refractivity contribution in [2.75, 3.05) is 19.6 Å². The minimum atomic E-state index is -3.55. The maximum absolute atomic E-state index is 12.0. The molecule has 1 aliphatic heterocycles. The van der Waals surface area contributed by atoms with E-state index in [1.54, 1.807) is 7.05 Å². The zero-order valence-corrected chi connectivity index (χ0v) is 12.5. The Morgan fingerprint density at radius 2 is 2.42 bits per heavy atom. The lowest BCUT2D eigenvalue weighted by atomic mass is 9.96. The Balaban J connectivity index is 1.87. The van der Waals surface area contributed by atoms with Crippen LogP contribution >= 0.6 is 11.6 Å². The minimum Gasteiger partial charge on any atom is -0.323 e. The molecule has 1 atom stereocenters. The highest BCUT2D eigenvalue weighted by atomic mass is 35.5. The van der Waals surface area contributed by atoms with Crippen LogP contribution in [0, 0.1) is 5.92 Å². The van der Waals surface area contributed by atoms with E-state index < -0.39 is 10.0 Å². The molecule has 1 aromatic heterocycles. The third kappa shape index (κ3) is 3.92. The number of hydrogen-bond donors (Lipinski definition) is 2. The third-order valence-corrected chi connectivity index (χ3v) is 5.00. The molecule has 2 heterocycles. The van der Waals surface area contributed by atoms with E-state index in [9.17, 15) is 8.42 Å². The standard InChI is InChI=1S/C11H19ClN4O2S/c1-16-8-10(15-11(16)12)19(17,18)14-6-4-9-3-2-5-13-7-9/h8-9,13-14H,2-7H2,1H3. The van der Waals surface area contributed by atoms with Crippen molar-refractivity contribution in [3.63, 3.8) is 0 Å². The van der Waals surface area contributed by atoms with E-state index in [1.165, 1.54) is 10.8 Å². The van der Waals surface area contributed by atoms with Crippen LogP contribution in [0.4, 0.5) is 0 Å². The van der Waals surface area contributed by atoms with Crippen LogP contribution < -0.4 is 10.0 Å². The SMILES string of the molecule is Cn1cc(S(=O)(=O)NCCC2CCCNC2)nc1Cl. The molecule has 0 saturated carbocycles. The fourth-order valence-corrected chi connectivity index (χ4v) is 3.42. The monoisotopic (exact) mass is 306 g/mol. The first-order valence-electron chi connectivity index (χ1n) is 6.38. The third-order valence-electron chi connectivity index (χ3n) is 3.32. The van der Waals surface area contributed by atoms with Crippen LogP contribution in [0.5, 0.6) is 0 Å². The molecule has 19 heavy (non-hydrogen) atoms. The van der Waals surface area contributed by atoms with Gasteiger partial charge in [0.05, 0.1) is 0 Å². The molecular weight excluding hydrogens is 288 g/mol. The van der Waals surface area contributed by atoms with Crippen molar-refractivity contribution in [1.82, 2.24) is 19.6 Å². The van der Waals surface area contributed by atoms with Crippen LogP contribution in [0.2, 0.25) is 5.28 Å². The molecule has 0 aromatic carbocycles. The lowest BCUT2D eigenvalue weighted by molar-refractivity contribution is 0.358. The van der Waals surface area contributed by atoms with Crippen molar-refractivity contribution in [2.24, 2.45) is 13.0 Å². The van der Waals surface area contributed by atoms with Crippen molar-refractivity contribution in [1.29, 1.82) is 0 Å². The summed E-state index contributed by atoms with van der Waals surface area (Å²) in [5.74, 6) is 0.545. The van der Waals surface area contributed by atoms with Gasteiger partial charge in [-0.3, -0.25) is 0 Å². The van der Waals surface area contributed by atoms with Crippen molar-refractivity contribution >= 4 is 21.6 Å². The van der Waals surface area contributed by atoms with Gasteiger partial charge < -0.3 is 9.88 Å². The molecule has 1 unspecified atom stereocenters. The van der Waals surface area contributed by atoms with E-state index in [-0.39, 0.29) is 10.3 Å². The molecule has 0 aliphatic carbocycles. The second-order valence-corrected chi connectivity index (χ2v) is 6.91. The largest absolute Gasteiger partial charge is 0.323 e. The van der Waals surface area contributed by atoms with Crippen LogP contribution in [0.1, 0.15) is 19.3 Å². The van der Waals surface area contributed by atoms with E-state index in [2.05, 4.69) is 15.0 Å². The second kappa shape index (κ2) is 6.21. The average molecular weight is 307 g/mol. The molecule has 1 aromatic rings. The lowest BCUT2D eigenvalue weighted by Crippen LogP contribution is -2.33. The van der Waals surface area contributed by atoms with Gasteiger partial charge >= 0.3 is 0 Å². The molecular formula is C11H19ClN4O2S. The summed E-state index contributed by atoms with van der Waals surface area (Å²) in [6.07, 6.45) is 4.57.